The number of hydrogen-bond acceptors (Lipinski definition) is 5. The first kappa shape index (κ1) is 26.8. The monoisotopic (exact) mass is 525 g/mol. The smallest absolute Gasteiger partial charge is 0.341 e. The molecule has 2 aromatic heterocycles. The van der Waals surface area contributed by atoms with Crippen molar-refractivity contribution in [3.8, 4) is 5.75 Å². The van der Waals surface area contributed by atoms with Crippen molar-refractivity contribution in [1.82, 2.24) is 9.55 Å². The summed E-state index contributed by atoms with van der Waals surface area (Å²) in [6.07, 6.45) is 9.13. The van der Waals surface area contributed by atoms with Crippen molar-refractivity contribution in [2.24, 2.45) is 0 Å². The van der Waals surface area contributed by atoms with Gasteiger partial charge in [-0.05, 0) is 43.7 Å². The number of rotatable bonds is 11. The Morgan fingerprint density at radius 2 is 1.77 bits per heavy atom. The number of unbranched alkanes of at least 4 members (excludes halogenated alkanes) is 5. The molecular weight excluding hydrogens is 486 g/mol. The molecule has 4 aromatic rings. The average Bonchev–Trinajstić information content (AvgIpc) is 3.41. The van der Waals surface area contributed by atoms with E-state index in [2.05, 4.69) is 42.7 Å². The molecule has 1 aliphatic rings. The lowest BCUT2D eigenvalue weighted by molar-refractivity contribution is 0.0239. The van der Waals surface area contributed by atoms with Crippen molar-refractivity contribution < 1.29 is 14.3 Å². The van der Waals surface area contributed by atoms with Crippen LogP contribution in [0.4, 0.5) is 5.69 Å². The summed E-state index contributed by atoms with van der Waals surface area (Å²) < 4.78 is 14.9. The first-order valence-electron chi connectivity index (χ1n) is 14.1. The highest BCUT2D eigenvalue weighted by molar-refractivity contribution is 5.98. The minimum Gasteiger partial charge on any atom is -0.496 e. The summed E-state index contributed by atoms with van der Waals surface area (Å²) in [5, 5.41) is 1.06. The van der Waals surface area contributed by atoms with Gasteiger partial charge in [0.1, 0.15) is 11.4 Å². The first-order valence-corrected chi connectivity index (χ1v) is 14.1. The molecule has 0 radical (unpaired) electrons. The number of cyclic esters (lactones) is 1. The number of pyridine rings is 1. The number of carbonyl (C=O) groups is 1. The van der Waals surface area contributed by atoms with Crippen LogP contribution in [0.25, 0.3) is 10.9 Å². The third-order valence-corrected chi connectivity index (χ3v) is 8.01. The van der Waals surface area contributed by atoms with Crippen molar-refractivity contribution in [1.29, 1.82) is 0 Å². The predicted octanol–water partition coefficient (Wildman–Crippen LogP) is 7.24. The summed E-state index contributed by atoms with van der Waals surface area (Å²) in [6.45, 7) is 5.30. The van der Waals surface area contributed by atoms with Crippen molar-refractivity contribution >= 4 is 22.6 Å². The van der Waals surface area contributed by atoms with E-state index < -0.39 is 5.60 Å². The van der Waals surface area contributed by atoms with Gasteiger partial charge in [-0.15, -0.1) is 0 Å². The van der Waals surface area contributed by atoms with Crippen molar-refractivity contribution in [3.05, 3.63) is 88.9 Å². The molecule has 2 aromatic carbocycles. The average molecular weight is 526 g/mol. The molecule has 39 heavy (non-hydrogen) atoms. The second-order valence-electron chi connectivity index (χ2n) is 10.6. The lowest BCUT2D eigenvalue weighted by Gasteiger charge is -2.31. The molecular formula is C33H39N3O3. The summed E-state index contributed by atoms with van der Waals surface area (Å²) in [7, 11) is 5.66. The Labute approximate surface area is 231 Å². The summed E-state index contributed by atoms with van der Waals surface area (Å²) in [6, 6.07) is 18.1. The normalized spacial score (nSPS) is 16.4. The van der Waals surface area contributed by atoms with Crippen LogP contribution in [0.2, 0.25) is 0 Å². The fraction of sp³-hybridized carbons (Fsp3) is 0.394. The number of aromatic nitrogens is 2. The van der Waals surface area contributed by atoms with Gasteiger partial charge in [0, 0.05) is 66.3 Å². The number of esters is 1. The molecule has 0 saturated carbocycles. The Balaban J connectivity index is 1.73. The van der Waals surface area contributed by atoms with Gasteiger partial charge in [-0.3, -0.25) is 4.98 Å². The summed E-state index contributed by atoms with van der Waals surface area (Å²) in [5.74, 6) is 0.281. The number of hydrogen-bond donors (Lipinski definition) is 0. The van der Waals surface area contributed by atoms with E-state index in [0.717, 1.165) is 46.4 Å². The number of nitrogens with zero attached hydrogens (tertiary/aromatic N) is 3. The van der Waals surface area contributed by atoms with Gasteiger partial charge in [0.15, 0.2) is 0 Å². The van der Waals surface area contributed by atoms with E-state index in [4.69, 9.17) is 14.5 Å². The second-order valence-corrected chi connectivity index (χ2v) is 10.6. The first-order chi connectivity index (χ1) is 18.9. The SMILES string of the molecule is CCCCCCCCn1c(C)c(C2(c3ccc(N(C)C)cc3OC)OC(=O)c3cccnc32)c2ccccc21. The zero-order chi connectivity index (χ0) is 27.6. The van der Waals surface area contributed by atoms with E-state index in [9.17, 15) is 4.79 Å². The molecule has 6 heteroatoms. The van der Waals surface area contributed by atoms with Gasteiger partial charge < -0.3 is 18.9 Å². The van der Waals surface area contributed by atoms with Gasteiger partial charge in [-0.1, -0.05) is 57.2 Å². The standard InChI is InChI=1S/C33H39N3O3/c1-6-7-8-9-10-13-21-36-23(2)30(25-15-11-12-17-28(25)36)33(31-26(32(37)39-33)16-14-20-34-31)27-19-18-24(35(3)4)22-29(27)38-5/h11-12,14-20,22H,6-10,13,21H2,1-5H3. The van der Waals surface area contributed by atoms with E-state index in [-0.39, 0.29) is 5.97 Å². The molecule has 1 unspecified atom stereocenters. The molecule has 0 aliphatic carbocycles. The summed E-state index contributed by atoms with van der Waals surface area (Å²) >= 11 is 0. The fourth-order valence-corrected chi connectivity index (χ4v) is 6.04. The molecule has 0 fully saturated rings. The second kappa shape index (κ2) is 11.1. The van der Waals surface area contributed by atoms with Crippen LogP contribution in [0, 0.1) is 6.92 Å². The molecule has 0 amide bonds. The van der Waals surface area contributed by atoms with Crippen LogP contribution in [0.5, 0.6) is 5.75 Å². The molecule has 1 atom stereocenters. The number of benzene rings is 2. The predicted molar refractivity (Wildman–Crippen MR) is 157 cm³/mol. The highest BCUT2D eigenvalue weighted by atomic mass is 16.6. The number of fused-ring (bicyclic) bond motifs is 2. The maximum atomic E-state index is 13.4. The number of aryl methyl sites for hydroxylation is 1. The van der Waals surface area contributed by atoms with E-state index >= 15 is 0 Å². The van der Waals surface area contributed by atoms with Crippen LogP contribution in [0.1, 0.15) is 78.3 Å². The van der Waals surface area contributed by atoms with E-state index in [1.807, 2.05) is 37.2 Å². The fourth-order valence-electron chi connectivity index (χ4n) is 6.04. The molecule has 0 spiro atoms. The highest BCUT2D eigenvalue weighted by Crippen LogP contribution is 2.52. The Morgan fingerprint density at radius 3 is 2.54 bits per heavy atom. The Morgan fingerprint density at radius 1 is 1.00 bits per heavy atom. The van der Waals surface area contributed by atoms with E-state index in [1.165, 1.54) is 32.1 Å². The Kier molecular flexibility index (Phi) is 7.65. The topological polar surface area (TPSA) is 56.6 Å². The zero-order valence-electron chi connectivity index (χ0n) is 23.8. The van der Waals surface area contributed by atoms with Crippen LogP contribution in [-0.2, 0) is 16.9 Å². The molecule has 6 nitrogen and oxygen atoms in total. The van der Waals surface area contributed by atoms with E-state index in [1.54, 1.807) is 25.4 Å². The van der Waals surface area contributed by atoms with Crippen molar-refractivity contribution in [2.75, 3.05) is 26.1 Å². The van der Waals surface area contributed by atoms with E-state index in [0.29, 0.717) is 17.0 Å². The minimum atomic E-state index is -1.24. The molecule has 0 bridgehead atoms. The maximum absolute atomic E-state index is 13.4. The van der Waals surface area contributed by atoms with Crippen LogP contribution < -0.4 is 9.64 Å². The molecule has 1 aliphatic heterocycles. The minimum absolute atomic E-state index is 0.371. The van der Waals surface area contributed by atoms with Crippen LogP contribution >= 0.6 is 0 Å². The Bertz CT molecular complexity index is 1490. The number of ether oxygens (including phenoxy) is 2. The van der Waals surface area contributed by atoms with Crippen LogP contribution in [0.3, 0.4) is 0 Å². The number of carbonyl (C=O) groups excluding carboxylic acids is 1. The number of para-hydroxylation sites is 1. The van der Waals surface area contributed by atoms with Crippen LogP contribution in [-0.4, -0.2) is 36.7 Å². The van der Waals surface area contributed by atoms with Gasteiger partial charge in [-0.2, -0.15) is 0 Å². The number of methoxy groups -OCH3 is 1. The third kappa shape index (κ3) is 4.56. The van der Waals surface area contributed by atoms with Gasteiger partial charge >= 0.3 is 5.97 Å². The van der Waals surface area contributed by atoms with Gasteiger partial charge in [0.25, 0.3) is 0 Å². The molecule has 3 heterocycles. The molecule has 0 N–H and O–H groups in total. The maximum Gasteiger partial charge on any atom is 0.341 e. The van der Waals surface area contributed by atoms with Gasteiger partial charge in [0.05, 0.1) is 12.7 Å². The van der Waals surface area contributed by atoms with Gasteiger partial charge in [0.2, 0.25) is 5.60 Å². The largest absolute Gasteiger partial charge is 0.496 e. The summed E-state index contributed by atoms with van der Waals surface area (Å²) in [4.78, 5) is 20.3. The lowest BCUT2D eigenvalue weighted by atomic mass is 9.80. The highest BCUT2D eigenvalue weighted by Gasteiger charge is 2.53. The quantitative estimate of drug-likeness (QED) is 0.153. The third-order valence-electron chi connectivity index (χ3n) is 8.01. The van der Waals surface area contributed by atoms with Crippen molar-refractivity contribution in [3.63, 3.8) is 0 Å². The molecule has 204 valence electrons. The summed E-state index contributed by atoms with van der Waals surface area (Å²) in [5.41, 5.74) is 4.80. The van der Waals surface area contributed by atoms with Crippen LogP contribution in [0.15, 0.2) is 60.8 Å². The van der Waals surface area contributed by atoms with Crippen molar-refractivity contribution in [2.45, 2.75) is 64.5 Å². The Hall–Kier alpha value is -3.80. The lowest BCUT2D eigenvalue weighted by Crippen LogP contribution is -2.32. The number of anilines is 1. The molecule has 5 rings (SSSR count). The molecule has 0 saturated heterocycles. The zero-order valence-corrected chi connectivity index (χ0v) is 23.8. The van der Waals surface area contributed by atoms with Gasteiger partial charge in [-0.25, -0.2) is 4.79 Å².